The summed E-state index contributed by atoms with van der Waals surface area (Å²) in [5.41, 5.74) is 3.45. The van der Waals surface area contributed by atoms with E-state index in [1.54, 1.807) is 42.0 Å². The van der Waals surface area contributed by atoms with Gasteiger partial charge in [-0.25, -0.2) is 19.6 Å². The van der Waals surface area contributed by atoms with Crippen LogP contribution in [0.5, 0.6) is 0 Å². The fraction of sp³-hybridized carbons (Fsp3) is 0.0588. The molecule has 3 heterocycles. The van der Waals surface area contributed by atoms with Gasteiger partial charge < -0.3 is 5.32 Å². The van der Waals surface area contributed by atoms with Crippen LogP contribution in [0.1, 0.15) is 5.69 Å². The molecule has 0 spiro atoms. The van der Waals surface area contributed by atoms with Gasteiger partial charge in [0.05, 0.1) is 22.6 Å². The van der Waals surface area contributed by atoms with Crippen LogP contribution in [0.3, 0.4) is 0 Å². The third-order valence-corrected chi connectivity index (χ3v) is 4.20. The first kappa shape index (κ1) is 17.2. The number of alkyl halides is 3. The fourth-order valence-electron chi connectivity index (χ4n) is 2.35. The van der Waals surface area contributed by atoms with Crippen molar-refractivity contribution >= 4 is 23.0 Å². The van der Waals surface area contributed by atoms with Crippen molar-refractivity contribution in [2.75, 3.05) is 5.32 Å². The van der Waals surface area contributed by atoms with Crippen LogP contribution in [0.15, 0.2) is 59.7 Å². The lowest BCUT2D eigenvalue weighted by Gasteiger charge is -2.07. The maximum atomic E-state index is 12.7. The van der Waals surface area contributed by atoms with Gasteiger partial charge in [0, 0.05) is 23.5 Å². The molecule has 10 heteroatoms. The van der Waals surface area contributed by atoms with Crippen LogP contribution in [0.2, 0.25) is 0 Å². The predicted octanol–water partition coefficient (Wildman–Crippen LogP) is 4.55. The van der Waals surface area contributed by atoms with Crippen molar-refractivity contribution in [3.8, 4) is 17.1 Å². The summed E-state index contributed by atoms with van der Waals surface area (Å²) >= 11 is 1.48. The first-order chi connectivity index (χ1) is 13.0. The molecule has 0 saturated carbocycles. The normalized spacial score (nSPS) is 11.5. The lowest BCUT2D eigenvalue weighted by molar-refractivity contribution is -0.141. The van der Waals surface area contributed by atoms with E-state index in [-0.39, 0.29) is 0 Å². The molecule has 4 aromatic rings. The number of nitrogens with one attached hydrogen (secondary N) is 1. The van der Waals surface area contributed by atoms with Gasteiger partial charge >= 0.3 is 6.18 Å². The highest BCUT2D eigenvalue weighted by atomic mass is 32.1. The number of thiazole rings is 1. The molecule has 6 nitrogen and oxygen atoms in total. The van der Waals surface area contributed by atoms with Crippen LogP contribution in [0.4, 0.5) is 24.8 Å². The number of anilines is 2. The standard InChI is InChI=1S/C17H11F3N6S/c18-17(19,20)15-6-8-26(25-15)12-3-1-11(2-4-12)23-16-21-7-5-13(24-16)14-9-27-10-22-14/h1-10H,(H,21,23,24). The molecule has 0 saturated heterocycles. The summed E-state index contributed by atoms with van der Waals surface area (Å²) in [6, 6.07) is 9.43. The van der Waals surface area contributed by atoms with E-state index in [1.807, 2.05) is 5.38 Å². The molecule has 0 aliphatic heterocycles. The van der Waals surface area contributed by atoms with E-state index in [0.717, 1.165) is 11.8 Å². The monoisotopic (exact) mass is 388 g/mol. The van der Waals surface area contributed by atoms with Gasteiger partial charge in [-0.1, -0.05) is 0 Å². The summed E-state index contributed by atoms with van der Waals surface area (Å²) in [7, 11) is 0. The molecule has 0 fully saturated rings. The molecule has 0 bridgehead atoms. The third-order valence-electron chi connectivity index (χ3n) is 3.62. The van der Waals surface area contributed by atoms with Gasteiger partial charge in [0.1, 0.15) is 0 Å². The van der Waals surface area contributed by atoms with Crippen LogP contribution >= 0.6 is 11.3 Å². The summed E-state index contributed by atoms with van der Waals surface area (Å²) < 4.78 is 39.1. The first-order valence-corrected chi connectivity index (χ1v) is 8.65. The Morgan fingerprint density at radius 2 is 1.78 bits per heavy atom. The number of nitrogens with zero attached hydrogens (tertiary/aromatic N) is 5. The molecule has 0 atom stereocenters. The van der Waals surface area contributed by atoms with Crippen molar-refractivity contribution in [3.63, 3.8) is 0 Å². The lowest BCUT2D eigenvalue weighted by Crippen LogP contribution is -2.07. The second-order valence-corrected chi connectivity index (χ2v) is 6.17. The fourth-order valence-corrected chi connectivity index (χ4v) is 2.89. The van der Waals surface area contributed by atoms with E-state index in [9.17, 15) is 13.2 Å². The van der Waals surface area contributed by atoms with Crippen LogP contribution < -0.4 is 5.32 Å². The molecule has 4 rings (SSSR count). The van der Waals surface area contributed by atoms with E-state index in [0.29, 0.717) is 23.0 Å². The Bertz CT molecular complexity index is 1040. The van der Waals surface area contributed by atoms with Gasteiger partial charge in [0.2, 0.25) is 5.95 Å². The zero-order valence-electron chi connectivity index (χ0n) is 13.6. The molecule has 3 aromatic heterocycles. The van der Waals surface area contributed by atoms with E-state index in [1.165, 1.54) is 22.2 Å². The average Bonchev–Trinajstić information content (AvgIpc) is 3.34. The van der Waals surface area contributed by atoms with Crippen molar-refractivity contribution in [2.24, 2.45) is 0 Å². The highest BCUT2D eigenvalue weighted by Gasteiger charge is 2.33. The minimum Gasteiger partial charge on any atom is -0.324 e. The van der Waals surface area contributed by atoms with E-state index in [4.69, 9.17) is 0 Å². The van der Waals surface area contributed by atoms with Gasteiger partial charge in [0.15, 0.2) is 5.69 Å². The summed E-state index contributed by atoms with van der Waals surface area (Å²) in [6.45, 7) is 0. The first-order valence-electron chi connectivity index (χ1n) is 7.71. The smallest absolute Gasteiger partial charge is 0.324 e. The van der Waals surface area contributed by atoms with E-state index in [2.05, 4.69) is 25.4 Å². The molecule has 136 valence electrons. The molecule has 1 N–H and O–H groups in total. The van der Waals surface area contributed by atoms with Crippen molar-refractivity contribution in [3.05, 3.63) is 65.4 Å². The Morgan fingerprint density at radius 3 is 2.44 bits per heavy atom. The summed E-state index contributed by atoms with van der Waals surface area (Å²) in [5.74, 6) is 0.395. The Balaban J connectivity index is 1.52. The Kier molecular flexibility index (Phi) is 4.32. The van der Waals surface area contributed by atoms with Crippen molar-refractivity contribution in [1.82, 2.24) is 24.7 Å². The molecule has 0 aliphatic carbocycles. The highest BCUT2D eigenvalue weighted by molar-refractivity contribution is 7.07. The van der Waals surface area contributed by atoms with Gasteiger partial charge in [0.25, 0.3) is 0 Å². The Hall–Kier alpha value is -3.27. The minimum atomic E-state index is -4.47. The molecule has 0 radical (unpaired) electrons. The molecule has 27 heavy (non-hydrogen) atoms. The Labute approximate surface area is 155 Å². The summed E-state index contributed by atoms with van der Waals surface area (Å²) in [6.07, 6.45) is -1.57. The second-order valence-electron chi connectivity index (χ2n) is 5.45. The van der Waals surface area contributed by atoms with Gasteiger partial charge in [-0.05, 0) is 36.4 Å². The number of rotatable bonds is 4. The van der Waals surface area contributed by atoms with Gasteiger partial charge in [-0.2, -0.15) is 18.3 Å². The number of hydrogen-bond acceptors (Lipinski definition) is 6. The second kappa shape index (κ2) is 6.80. The van der Waals surface area contributed by atoms with Crippen molar-refractivity contribution in [2.45, 2.75) is 6.18 Å². The van der Waals surface area contributed by atoms with E-state index >= 15 is 0 Å². The largest absolute Gasteiger partial charge is 0.435 e. The van der Waals surface area contributed by atoms with Crippen LogP contribution in [-0.4, -0.2) is 24.7 Å². The lowest BCUT2D eigenvalue weighted by atomic mass is 10.3. The third kappa shape index (κ3) is 3.80. The van der Waals surface area contributed by atoms with Gasteiger partial charge in [-0.3, -0.25) is 0 Å². The van der Waals surface area contributed by atoms with Crippen molar-refractivity contribution < 1.29 is 13.2 Å². The molecule has 0 amide bonds. The Morgan fingerprint density at radius 1 is 0.963 bits per heavy atom. The van der Waals surface area contributed by atoms with Gasteiger partial charge in [-0.15, -0.1) is 11.3 Å². The zero-order valence-corrected chi connectivity index (χ0v) is 14.4. The number of halogens is 3. The number of aromatic nitrogens is 5. The van der Waals surface area contributed by atoms with E-state index < -0.39 is 11.9 Å². The van der Waals surface area contributed by atoms with Crippen LogP contribution in [0, 0.1) is 0 Å². The molecule has 0 unspecified atom stereocenters. The predicted molar refractivity (Wildman–Crippen MR) is 95.0 cm³/mol. The minimum absolute atomic E-state index is 0.395. The maximum Gasteiger partial charge on any atom is 0.435 e. The zero-order chi connectivity index (χ0) is 18.9. The highest BCUT2D eigenvalue weighted by Crippen LogP contribution is 2.28. The maximum absolute atomic E-state index is 12.7. The summed E-state index contributed by atoms with van der Waals surface area (Å²) in [5, 5.41) is 8.49. The molecular weight excluding hydrogens is 377 g/mol. The molecular formula is C17H11F3N6S. The molecule has 1 aromatic carbocycles. The number of benzene rings is 1. The number of hydrogen-bond donors (Lipinski definition) is 1. The average molecular weight is 388 g/mol. The topological polar surface area (TPSA) is 68.5 Å². The summed E-state index contributed by atoms with van der Waals surface area (Å²) in [4.78, 5) is 12.8. The van der Waals surface area contributed by atoms with Crippen LogP contribution in [0.25, 0.3) is 17.1 Å². The molecule has 0 aliphatic rings. The quantitative estimate of drug-likeness (QED) is 0.556. The van der Waals surface area contributed by atoms with Crippen molar-refractivity contribution in [1.29, 1.82) is 0 Å². The van der Waals surface area contributed by atoms with Crippen LogP contribution in [-0.2, 0) is 6.18 Å². The SMILES string of the molecule is FC(F)(F)c1ccn(-c2ccc(Nc3nccc(-c4cscn4)n3)cc2)n1.